The minimum absolute atomic E-state index is 0.0779. The van der Waals surface area contributed by atoms with Crippen molar-refractivity contribution in [1.82, 2.24) is 10.3 Å². The third kappa shape index (κ3) is 5.02. The van der Waals surface area contributed by atoms with Crippen molar-refractivity contribution in [2.45, 2.75) is 51.5 Å². The molecule has 0 saturated heterocycles. The molecule has 6 heteroatoms. The maximum atomic E-state index is 12.1. The Morgan fingerprint density at radius 3 is 2.68 bits per heavy atom. The highest BCUT2D eigenvalue weighted by Crippen LogP contribution is 2.23. The molecule has 0 radical (unpaired) electrons. The Hall–Kier alpha value is -2.11. The predicted octanol–water partition coefficient (Wildman–Crippen LogP) is 2.08. The van der Waals surface area contributed by atoms with Gasteiger partial charge in [0.25, 0.3) is 0 Å². The lowest BCUT2D eigenvalue weighted by Crippen LogP contribution is -2.39. The Bertz CT molecular complexity index is 509. The molecule has 1 saturated carbocycles. The van der Waals surface area contributed by atoms with E-state index in [9.17, 15) is 9.59 Å². The van der Waals surface area contributed by atoms with Crippen LogP contribution in [0.2, 0.25) is 0 Å². The number of nitrogens with two attached hydrogens (primary N) is 1. The standard InChI is InChI=1S/C16H24N4O2/c1-11(19-16(22)12-5-3-2-4-6-12)9-15(21)20-13-7-8-14(17)18-10-13/h7-8,10-12H,2-6,9H2,1H3,(H2,17,18)(H,19,22)(H,20,21). The summed E-state index contributed by atoms with van der Waals surface area (Å²) in [7, 11) is 0. The van der Waals surface area contributed by atoms with Gasteiger partial charge in [0, 0.05) is 18.4 Å². The van der Waals surface area contributed by atoms with E-state index in [0.717, 1.165) is 25.7 Å². The lowest BCUT2D eigenvalue weighted by Gasteiger charge is -2.23. The molecule has 2 rings (SSSR count). The molecule has 1 aliphatic carbocycles. The van der Waals surface area contributed by atoms with Crippen LogP contribution in [-0.2, 0) is 9.59 Å². The zero-order chi connectivity index (χ0) is 15.9. The van der Waals surface area contributed by atoms with E-state index in [1.165, 1.54) is 12.6 Å². The first-order valence-electron chi connectivity index (χ1n) is 7.86. The number of nitrogens with one attached hydrogen (secondary N) is 2. The molecule has 1 unspecified atom stereocenters. The number of rotatable bonds is 5. The molecule has 1 heterocycles. The number of amides is 2. The highest BCUT2D eigenvalue weighted by molar-refractivity contribution is 5.91. The predicted molar refractivity (Wildman–Crippen MR) is 86.1 cm³/mol. The van der Waals surface area contributed by atoms with E-state index < -0.39 is 0 Å². The van der Waals surface area contributed by atoms with E-state index in [0.29, 0.717) is 11.5 Å². The summed E-state index contributed by atoms with van der Waals surface area (Å²) in [6, 6.07) is 3.14. The minimum atomic E-state index is -0.184. The second kappa shape index (κ2) is 7.77. The zero-order valence-electron chi connectivity index (χ0n) is 13.0. The van der Waals surface area contributed by atoms with Gasteiger partial charge in [-0.3, -0.25) is 9.59 Å². The molecule has 6 nitrogen and oxygen atoms in total. The lowest BCUT2D eigenvalue weighted by atomic mass is 9.88. The topological polar surface area (TPSA) is 97.1 Å². The van der Waals surface area contributed by atoms with Gasteiger partial charge in [0.1, 0.15) is 5.82 Å². The maximum Gasteiger partial charge on any atom is 0.226 e. The zero-order valence-corrected chi connectivity index (χ0v) is 13.0. The summed E-state index contributed by atoms with van der Waals surface area (Å²) in [4.78, 5) is 28.0. The first-order chi connectivity index (χ1) is 10.5. The number of hydrogen-bond donors (Lipinski definition) is 3. The quantitative estimate of drug-likeness (QED) is 0.775. The Labute approximate surface area is 130 Å². The van der Waals surface area contributed by atoms with E-state index in [2.05, 4.69) is 15.6 Å². The van der Waals surface area contributed by atoms with Gasteiger partial charge in [0.15, 0.2) is 0 Å². The number of aromatic nitrogens is 1. The van der Waals surface area contributed by atoms with Crippen molar-refractivity contribution in [2.75, 3.05) is 11.1 Å². The van der Waals surface area contributed by atoms with Crippen molar-refractivity contribution in [2.24, 2.45) is 5.92 Å². The Kier molecular flexibility index (Phi) is 5.75. The normalized spacial score (nSPS) is 16.8. The fourth-order valence-electron chi connectivity index (χ4n) is 2.75. The van der Waals surface area contributed by atoms with Gasteiger partial charge < -0.3 is 16.4 Å². The van der Waals surface area contributed by atoms with Gasteiger partial charge in [-0.2, -0.15) is 0 Å². The molecule has 0 bridgehead atoms. The molecule has 1 atom stereocenters. The van der Waals surface area contributed by atoms with E-state index in [1.54, 1.807) is 12.1 Å². The Balaban J connectivity index is 1.75. The van der Waals surface area contributed by atoms with Crippen molar-refractivity contribution in [3.63, 3.8) is 0 Å². The van der Waals surface area contributed by atoms with Gasteiger partial charge >= 0.3 is 0 Å². The third-order valence-electron chi connectivity index (χ3n) is 3.93. The van der Waals surface area contributed by atoms with Crippen molar-refractivity contribution in [3.05, 3.63) is 18.3 Å². The van der Waals surface area contributed by atoms with Crippen LogP contribution in [0, 0.1) is 5.92 Å². The van der Waals surface area contributed by atoms with Gasteiger partial charge in [-0.25, -0.2) is 4.98 Å². The van der Waals surface area contributed by atoms with E-state index in [-0.39, 0.29) is 30.2 Å². The molecule has 0 aliphatic heterocycles. The van der Waals surface area contributed by atoms with E-state index in [1.807, 2.05) is 6.92 Å². The number of hydrogen-bond acceptors (Lipinski definition) is 4. The minimum Gasteiger partial charge on any atom is -0.384 e. The van der Waals surface area contributed by atoms with Crippen LogP contribution in [0.3, 0.4) is 0 Å². The molecule has 4 N–H and O–H groups in total. The number of nitrogens with zero attached hydrogens (tertiary/aromatic N) is 1. The second-order valence-electron chi connectivity index (χ2n) is 5.97. The van der Waals surface area contributed by atoms with Crippen molar-refractivity contribution >= 4 is 23.3 Å². The molecular formula is C16H24N4O2. The number of pyridine rings is 1. The molecule has 22 heavy (non-hydrogen) atoms. The van der Waals surface area contributed by atoms with Crippen LogP contribution >= 0.6 is 0 Å². The third-order valence-corrected chi connectivity index (χ3v) is 3.93. The number of carbonyl (C=O) groups is 2. The van der Waals surface area contributed by atoms with E-state index in [4.69, 9.17) is 5.73 Å². The van der Waals surface area contributed by atoms with Crippen LogP contribution in [0.1, 0.15) is 45.4 Å². The summed E-state index contributed by atoms with van der Waals surface area (Å²) in [5, 5.41) is 5.68. The van der Waals surface area contributed by atoms with E-state index >= 15 is 0 Å². The number of anilines is 2. The summed E-state index contributed by atoms with van der Waals surface area (Å²) < 4.78 is 0. The summed E-state index contributed by atoms with van der Waals surface area (Å²) in [6.45, 7) is 1.85. The Morgan fingerprint density at radius 2 is 2.05 bits per heavy atom. The molecule has 2 amide bonds. The Morgan fingerprint density at radius 1 is 1.32 bits per heavy atom. The number of nitrogen functional groups attached to an aromatic ring is 1. The average molecular weight is 304 g/mol. The van der Waals surface area contributed by atoms with Gasteiger partial charge in [0.05, 0.1) is 11.9 Å². The van der Waals surface area contributed by atoms with Crippen LogP contribution in [0.25, 0.3) is 0 Å². The molecule has 1 aromatic heterocycles. The maximum absolute atomic E-state index is 12.1. The average Bonchev–Trinajstić information content (AvgIpc) is 2.50. The van der Waals surface area contributed by atoms with Crippen LogP contribution < -0.4 is 16.4 Å². The summed E-state index contributed by atoms with van der Waals surface area (Å²) in [5.41, 5.74) is 6.09. The first kappa shape index (κ1) is 16.3. The molecular weight excluding hydrogens is 280 g/mol. The van der Waals surface area contributed by atoms with Crippen LogP contribution in [0.4, 0.5) is 11.5 Å². The van der Waals surface area contributed by atoms with Crippen molar-refractivity contribution in [1.29, 1.82) is 0 Å². The highest BCUT2D eigenvalue weighted by Gasteiger charge is 2.22. The fourth-order valence-corrected chi connectivity index (χ4v) is 2.75. The molecule has 1 aromatic rings. The van der Waals surface area contributed by atoms with Crippen LogP contribution in [0.5, 0.6) is 0 Å². The smallest absolute Gasteiger partial charge is 0.226 e. The molecule has 0 spiro atoms. The van der Waals surface area contributed by atoms with Crippen molar-refractivity contribution < 1.29 is 9.59 Å². The summed E-state index contributed by atoms with van der Waals surface area (Å²) >= 11 is 0. The molecule has 1 fully saturated rings. The van der Waals surface area contributed by atoms with Crippen molar-refractivity contribution in [3.8, 4) is 0 Å². The monoisotopic (exact) mass is 304 g/mol. The number of carbonyl (C=O) groups excluding carboxylic acids is 2. The molecule has 0 aromatic carbocycles. The highest BCUT2D eigenvalue weighted by atomic mass is 16.2. The lowest BCUT2D eigenvalue weighted by molar-refractivity contribution is -0.126. The summed E-state index contributed by atoms with van der Waals surface area (Å²) in [5.74, 6) is 0.448. The largest absolute Gasteiger partial charge is 0.384 e. The van der Waals surface area contributed by atoms with Crippen LogP contribution in [0.15, 0.2) is 18.3 Å². The van der Waals surface area contributed by atoms with Gasteiger partial charge in [0.2, 0.25) is 11.8 Å². The second-order valence-corrected chi connectivity index (χ2v) is 5.97. The molecule has 1 aliphatic rings. The first-order valence-corrected chi connectivity index (χ1v) is 7.86. The van der Waals surface area contributed by atoms with Gasteiger partial charge in [-0.15, -0.1) is 0 Å². The SMILES string of the molecule is CC(CC(=O)Nc1ccc(N)nc1)NC(=O)C1CCCCC1. The van der Waals surface area contributed by atoms with Crippen LogP contribution in [-0.4, -0.2) is 22.8 Å². The molecule has 120 valence electrons. The summed E-state index contributed by atoms with van der Waals surface area (Å²) in [6.07, 6.45) is 7.14. The van der Waals surface area contributed by atoms with Gasteiger partial charge in [-0.1, -0.05) is 19.3 Å². The van der Waals surface area contributed by atoms with Gasteiger partial charge in [-0.05, 0) is 31.9 Å². The fraction of sp³-hybridized carbons (Fsp3) is 0.562.